The van der Waals surface area contributed by atoms with Gasteiger partial charge in [-0.15, -0.1) is 0 Å². The first-order valence-corrected chi connectivity index (χ1v) is 6.63. The van der Waals surface area contributed by atoms with E-state index in [4.69, 9.17) is 15.7 Å². The van der Waals surface area contributed by atoms with Crippen LogP contribution < -0.4 is 5.73 Å². The third kappa shape index (κ3) is 3.33. The molecular weight excluding hydrogens is 218 g/mol. The van der Waals surface area contributed by atoms with Crippen LogP contribution in [0, 0.1) is 0 Å². The summed E-state index contributed by atoms with van der Waals surface area (Å²) in [6.45, 7) is 2.91. The van der Waals surface area contributed by atoms with Crippen molar-refractivity contribution in [1.82, 2.24) is 4.90 Å². The molecule has 1 aliphatic heterocycles. The molecule has 0 aromatic rings. The molecule has 0 radical (unpaired) electrons. The minimum atomic E-state index is 0.332. The minimum absolute atomic E-state index is 0.332. The average Bonchev–Trinajstić information content (AvgIpc) is 2.39. The topological polar surface area (TPSA) is 71.1 Å². The normalized spacial score (nSPS) is 31.2. The van der Waals surface area contributed by atoms with Gasteiger partial charge in [-0.3, -0.25) is 4.90 Å². The first-order chi connectivity index (χ1) is 8.31. The van der Waals surface area contributed by atoms with E-state index in [1.807, 2.05) is 0 Å². The Morgan fingerprint density at radius 2 is 2.24 bits per heavy atom. The standard InChI is InChI=1S/C12H23N3O2/c13-12(14-16)6-3-7-15-8-9-17-11-5-2-1-4-10(11)15/h10-11,16H,1-9H2,(H2,13,14). The van der Waals surface area contributed by atoms with Crippen molar-refractivity contribution < 1.29 is 9.94 Å². The summed E-state index contributed by atoms with van der Waals surface area (Å²) in [6.07, 6.45) is 7.17. The summed E-state index contributed by atoms with van der Waals surface area (Å²) in [7, 11) is 0. The molecular formula is C12H23N3O2. The summed E-state index contributed by atoms with van der Waals surface area (Å²) in [5, 5.41) is 11.5. The number of ether oxygens (including phenoxy) is 1. The molecule has 0 spiro atoms. The molecule has 2 aliphatic rings. The Morgan fingerprint density at radius 1 is 1.41 bits per heavy atom. The molecule has 0 bridgehead atoms. The molecule has 1 aliphatic carbocycles. The third-order valence-corrected chi connectivity index (χ3v) is 3.85. The fraction of sp³-hybridized carbons (Fsp3) is 0.917. The van der Waals surface area contributed by atoms with Crippen molar-refractivity contribution in [3.63, 3.8) is 0 Å². The van der Waals surface area contributed by atoms with Crippen LogP contribution >= 0.6 is 0 Å². The van der Waals surface area contributed by atoms with E-state index in [2.05, 4.69) is 10.1 Å². The van der Waals surface area contributed by atoms with Gasteiger partial charge in [-0.05, 0) is 25.8 Å². The van der Waals surface area contributed by atoms with Gasteiger partial charge in [0.2, 0.25) is 0 Å². The van der Waals surface area contributed by atoms with Crippen molar-refractivity contribution in [3.05, 3.63) is 0 Å². The minimum Gasteiger partial charge on any atom is -0.409 e. The number of rotatable bonds is 4. The maximum absolute atomic E-state index is 8.49. The summed E-state index contributed by atoms with van der Waals surface area (Å²) in [5.41, 5.74) is 5.48. The first-order valence-electron chi connectivity index (χ1n) is 6.63. The molecule has 5 heteroatoms. The molecule has 0 aromatic heterocycles. The fourth-order valence-electron chi connectivity index (χ4n) is 2.97. The van der Waals surface area contributed by atoms with E-state index in [9.17, 15) is 0 Å². The third-order valence-electron chi connectivity index (χ3n) is 3.85. The maximum atomic E-state index is 8.49. The van der Waals surface area contributed by atoms with E-state index in [0.29, 0.717) is 24.4 Å². The summed E-state index contributed by atoms with van der Waals surface area (Å²) in [6, 6.07) is 0.602. The van der Waals surface area contributed by atoms with E-state index in [-0.39, 0.29) is 0 Å². The lowest BCUT2D eigenvalue weighted by Gasteiger charge is -2.43. The molecule has 1 saturated heterocycles. The first kappa shape index (κ1) is 12.6. The lowest BCUT2D eigenvalue weighted by Crippen LogP contribution is -2.52. The number of nitrogens with zero attached hydrogens (tertiary/aromatic N) is 2. The van der Waals surface area contributed by atoms with Crippen molar-refractivity contribution in [2.45, 2.75) is 50.7 Å². The number of fused-ring (bicyclic) bond motifs is 1. The van der Waals surface area contributed by atoms with Crippen LogP contribution in [0.25, 0.3) is 0 Å². The predicted molar refractivity (Wildman–Crippen MR) is 66.2 cm³/mol. The van der Waals surface area contributed by atoms with Crippen molar-refractivity contribution >= 4 is 5.84 Å². The van der Waals surface area contributed by atoms with Crippen LogP contribution in [0.1, 0.15) is 38.5 Å². The van der Waals surface area contributed by atoms with Crippen LogP contribution in [-0.2, 0) is 4.74 Å². The van der Waals surface area contributed by atoms with Crippen LogP contribution in [0.15, 0.2) is 5.16 Å². The Kier molecular flexibility index (Phi) is 4.62. The Labute approximate surface area is 103 Å². The number of oxime groups is 1. The van der Waals surface area contributed by atoms with Crippen LogP contribution in [0.3, 0.4) is 0 Å². The molecule has 17 heavy (non-hydrogen) atoms. The van der Waals surface area contributed by atoms with Gasteiger partial charge in [-0.1, -0.05) is 18.0 Å². The van der Waals surface area contributed by atoms with Gasteiger partial charge in [0.1, 0.15) is 5.84 Å². The highest BCUT2D eigenvalue weighted by molar-refractivity contribution is 5.79. The van der Waals surface area contributed by atoms with Gasteiger partial charge in [-0.25, -0.2) is 0 Å². The van der Waals surface area contributed by atoms with E-state index >= 15 is 0 Å². The van der Waals surface area contributed by atoms with Crippen molar-refractivity contribution in [1.29, 1.82) is 0 Å². The Balaban J connectivity index is 1.78. The highest BCUT2D eigenvalue weighted by atomic mass is 16.5. The molecule has 2 atom stereocenters. The highest BCUT2D eigenvalue weighted by Gasteiger charge is 2.33. The Hall–Kier alpha value is -0.810. The molecule has 2 fully saturated rings. The largest absolute Gasteiger partial charge is 0.409 e. The van der Waals surface area contributed by atoms with Crippen LogP contribution in [0.5, 0.6) is 0 Å². The number of hydrogen-bond donors (Lipinski definition) is 2. The van der Waals surface area contributed by atoms with Gasteiger partial charge in [0.25, 0.3) is 0 Å². The smallest absolute Gasteiger partial charge is 0.139 e. The molecule has 0 aromatic carbocycles. The fourth-order valence-corrected chi connectivity index (χ4v) is 2.97. The predicted octanol–water partition coefficient (Wildman–Crippen LogP) is 1.16. The summed E-state index contributed by atoms with van der Waals surface area (Å²) >= 11 is 0. The second-order valence-electron chi connectivity index (χ2n) is 4.99. The zero-order valence-electron chi connectivity index (χ0n) is 10.3. The number of hydrogen-bond acceptors (Lipinski definition) is 4. The molecule has 5 nitrogen and oxygen atoms in total. The molecule has 1 heterocycles. The zero-order valence-corrected chi connectivity index (χ0v) is 10.3. The second-order valence-corrected chi connectivity index (χ2v) is 4.99. The monoisotopic (exact) mass is 241 g/mol. The van der Waals surface area contributed by atoms with E-state index in [1.54, 1.807) is 0 Å². The van der Waals surface area contributed by atoms with E-state index in [0.717, 1.165) is 26.1 Å². The van der Waals surface area contributed by atoms with Gasteiger partial charge >= 0.3 is 0 Å². The zero-order chi connectivity index (χ0) is 12.1. The molecule has 98 valence electrons. The Bertz CT molecular complexity index is 268. The number of morpholine rings is 1. The van der Waals surface area contributed by atoms with Crippen molar-refractivity contribution in [3.8, 4) is 0 Å². The van der Waals surface area contributed by atoms with Crippen LogP contribution in [0.2, 0.25) is 0 Å². The van der Waals surface area contributed by atoms with Crippen molar-refractivity contribution in [2.75, 3.05) is 19.7 Å². The molecule has 1 saturated carbocycles. The molecule has 2 rings (SSSR count). The molecule has 0 amide bonds. The average molecular weight is 241 g/mol. The van der Waals surface area contributed by atoms with Gasteiger partial charge in [0.05, 0.1) is 12.7 Å². The lowest BCUT2D eigenvalue weighted by atomic mass is 9.90. The van der Waals surface area contributed by atoms with Gasteiger partial charge in [0.15, 0.2) is 0 Å². The molecule has 3 N–H and O–H groups in total. The quantitative estimate of drug-likeness (QED) is 0.335. The summed E-state index contributed by atoms with van der Waals surface area (Å²) in [4.78, 5) is 2.53. The van der Waals surface area contributed by atoms with Gasteiger partial charge in [0, 0.05) is 19.0 Å². The molecule has 2 unspecified atom stereocenters. The lowest BCUT2D eigenvalue weighted by molar-refractivity contribution is -0.0880. The second kappa shape index (κ2) is 6.21. The van der Waals surface area contributed by atoms with Crippen LogP contribution in [0.4, 0.5) is 0 Å². The summed E-state index contributed by atoms with van der Waals surface area (Å²) < 4.78 is 5.83. The highest BCUT2D eigenvalue weighted by Crippen LogP contribution is 2.28. The number of amidine groups is 1. The maximum Gasteiger partial charge on any atom is 0.139 e. The Morgan fingerprint density at radius 3 is 3.06 bits per heavy atom. The summed E-state index contributed by atoms with van der Waals surface area (Å²) in [5.74, 6) is 0.332. The number of nitrogens with two attached hydrogens (primary N) is 1. The van der Waals surface area contributed by atoms with Gasteiger partial charge < -0.3 is 15.7 Å². The van der Waals surface area contributed by atoms with Crippen LogP contribution in [-0.4, -0.2) is 47.8 Å². The van der Waals surface area contributed by atoms with Gasteiger partial charge in [-0.2, -0.15) is 0 Å². The van der Waals surface area contributed by atoms with Crippen molar-refractivity contribution in [2.24, 2.45) is 10.9 Å². The van der Waals surface area contributed by atoms with E-state index in [1.165, 1.54) is 25.7 Å². The SMILES string of the molecule is NC(CCCN1CCOC2CCCCC21)=NO. The van der Waals surface area contributed by atoms with E-state index < -0.39 is 0 Å².